The zero-order chi connectivity index (χ0) is 24.4. The molecule has 1 amide bonds. The standard InChI is InChI=1S/C26H22ClN3O4/c1-15-12-13-28-21(14-15)29-24(31)16(2)34-26(33)23-22(17-8-10-18(27)11-9-17)19-6-4-5-7-20(19)25(32)30(23)3/h4-14,16H,1-3H3,(H,28,29,31). The van der Waals surface area contributed by atoms with Crippen molar-refractivity contribution in [2.45, 2.75) is 20.0 Å². The number of hydrogen-bond acceptors (Lipinski definition) is 5. The Kier molecular flexibility index (Phi) is 6.47. The molecular formula is C26H22ClN3O4. The number of fused-ring (bicyclic) bond motifs is 1. The summed E-state index contributed by atoms with van der Waals surface area (Å²) in [5, 5.41) is 4.23. The monoisotopic (exact) mass is 475 g/mol. The van der Waals surface area contributed by atoms with E-state index in [1.807, 2.05) is 6.92 Å². The van der Waals surface area contributed by atoms with E-state index in [0.717, 1.165) is 5.56 Å². The van der Waals surface area contributed by atoms with Gasteiger partial charge in [0.15, 0.2) is 6.10 Å². The number of anilines is 1. The normalized spacial score (nSPS) is 11.8. The number of aromatic nitrogens is 2. The minimum Gasteiger partial charge on any atom is -0.448 e. The molecule has 2 aromatic heterocycles. The van der Waals surface area contributed by atoms with Gasteiger partial charge in [-0.1, -0.05) is 41.9 Å². The number of pyridine rings is 2. The second-order valence-corrected chi connectivity index (χ2v) is 8.33. The Balaban J connectivity index is 1.74. The number of rotatable bonds is 5. The zero-order valence-electron chi connectivity index (χ0n) is 18.8. The van der Waals surface area contributed by atoms with Gasteiger partial charge in [0.1, 0.15) is 11.5 Å². The predicted molar refractivity (Wildman–Crippen MR) is 132 cm³/mol. The van der Waals surface area contributed by atoms with Crippen molar-refractivity contribution in [3.63, 3.8) is 0 Å². The SMILES string of the molecule is Cc1ccnc(NC(=O)C(C)OC(=O)c2c(-c3ccc(Cl)cc3)c3ccccc3c(=O)n2C)c1. The van der Waals surface area contributed by atoms with Crippen LogP contribution < -0.4 is 10.9 Å². The number of nitrogens with one attached hydrogen (secondary N) is 1. The lowest BCUT2D eigenvalue weighted by atomic mass is 9.96. The topological polar surface area (TPSA) is 90.3 Å². The van der Waals surface area contributed by atoms with Crippen molar-refractivity contribution in [3.8, 4) is 11.1 Å². The Morgan fingerprint density at radius 1 is 1.06 bits per heavy atom. The number of carbonyl (C=O) groups excluding carboxylic acids is 2. The number of ether oxygens (including phenoxy) is 1. The third-order valence-corrected chi connectivity index (χ3v) is 5.70. The molecule has 1 unspecified atom stereocenters. The first-order chi connectivity index (χ1) is 16.3. The van der Waals surface area contributed by atoms with Gasteiger partial charge >= 0.3 is 5.97 Å². The summed E-state index contributed by atoms with van der Waals surface area (Å²) >= 11 is 6.06. The van der Waals surface area contributed by atoms with E-state index >= 15 is 0 Å². The smallest absolute Gasteiger partial charge is 0.356 e. The molecule has 7 nitrogen and oxygen atoms in total. The van der Waals surface area contributed by atoms with Crippen LogP contribution in [0.25, 0.3) is 21.9 Å². The summed E-state index contributed by atoms with van der Waals surface area (Å²) in [6, 6.07) is 17.5. The Bertz CT molecular complexity index is 1460. The number of benzene rings is 2. The summed E-state index contributed by atoms with van der Waals surface area (Å²) in [5.74, 6) is -0.978. The van der Waals surface area contributed by atoms with Gasteiger partial charge in [-0.25, -0.2) is 9.78 Å². The van der Waals surface area contributed by atoms with E-state index in [1.54, 1.807) is 66.9 Å². The number of carbonyl (C=O) groups is 2. The van der Waals surface area contributed by atoms with Crippen LogP contribution in [-0.2, 0) is 16.6 Å². The molecule has 4 aromatic rings. The van der Waals surface area contributed by atoms with Crippen LogP contribution in [0, 0.1) is 6.92 Å². The van der Waals surface area contributed by atoms with Crippen molar-refractivity contribution in [3.05, 3.63) is 93.5 Å². The summed E-state index contributed by atoms with van der Waals surface area (Å²) in [5.41, 5.74) is 1.82. The lowest BCUT2D eigenvalue weighted by Gasteiger charge is -2.19. The molecule has 2 heterocycles. The van der Waals surface area contributed by atoms with Gasteiger partial charge in [-0.05, 0) is 60.7 Å². The molecule has 0 aliphatic rings. The molecule has 0 fully saturated rings. The number of esters is 1. The van der Waals surface area contributed by atoms with Crippen LogP contribution in [0.5, 0.6) is 0 Å². The maximum absolute atomic E-state index is 13.3. The van der Waals surface area contributed by atoms with E-state index < -0.39 is 18.0 Å². The Labute approximate surface area is 201 Å². The van der Waals surface area contributed by atoms with Gasteiger partial charge in [0.05, 0.1) is 0 Å². The predicted octanol–water partition coefficient (Wildman–Crippen LogP) is 4.75. The number of nitrogens with zero attached hydrogens (tertiary/aromatic N) is 2. The summed E-state index contributed by atoms with van der Waals surface area (Å²) < 4.78 is 6.76. The van der Waals surface area contributed by atoms with Crippen molar-refractivity contribution >= 4 is 40.1 Å². The van der Waals surface area contributed by atoms with E-state index in [1.165, 1.54) is 18.5 Å². The molecule has 4 rings (SSSR count). The van der Waals surface area contributed by atoms with Gasteiger partial charge in [0, 0.05) is 29.2 Å². The van der Waals surface area contributed by atoms with Gasteiger partial charge in [0.25, 0.3) is 11.5 Å². The number of halogens is 1. The molecule has 0 aliphatic heterocycles. The van der Waals surface area contributed by atoms with E-state index in [4.69, 9.17) is 16.3 Å². The van der Waals surface area contributed by atoms with E-state index in [-0.39, 0.29) is 11.3 Å². The molecular weight excluding hydrogens is 454 g/mol. The highest BCUT2D eigenvalue weighted by Crippen LogP contribution is 2.32. The Morgan fingerprint density at radius 3 is 2.41 bits per heavy atom. The highest BCUT2D eigenvalue weighted by molar-refractivity contribution is 6.30. The summed E-state index contributed by atoms with van der Waals surface area (Å²) in [6.07, 6.45) is 0.444. The van der Waals surface area contributed by atoms with Crippen LogP contribution in [0.1, 0.15) is 23.0 Å². The van der Waals surface area contributed by atoms with Crippen LogP contribution in [-0.4, -0.2) is 27.5 Å². The fourth-order valence-electron chi connectivity index (χ4n) is 3.72. The maximum Gasteiger partial charge on any atom is 0.356 e. The number of hydrogen-bond donors (Lipinski definition) is 1. The van der Waals surface area contributed by atoms with E-state index in [0.29, 0.717) is 32.7 Å². The molecule has 34 heavy (non-hydrogen) atoms. The van der Waals surface area contributed by atoms with E-state index in [9.17, 15) is 14.4 Å². The first-order valence-corrected chi connectivity index (χ1v) is 11.0. The maximum atomic E-state index is 13.3. The minimum absolute atomic E-state index is 0.0411. The van der Waals surface area contributed by atoms with Crippen molar-refractivity contribution < 1.29 is 14.3 Å². The molecule has 8 heteroatoms. The quantitative estimate of drug-likeness (QED) is 0.421. The van der Waals surface area contributed by atoms with Crippen LogP contribution in [0.3, 0.4) is 0 Å². The lowest BCUT2D eigenvalue weighted by molar-refractivity contribution is -0.123. The molecule has 0 saturated carbocycles. The van der Waals surface area contributed by atoms with Gasteiger partial charge < -0.3 is 14.6 Å². The minimum atomic E-state index is -1.13. The average Bonchev–Trinajstić information content (AvgIpc) is 2.81. The van der Waals surface area contributed by atoms with Gasteiger partial charge in [0.2, 0.25) is 0 Å². The molecule has 0 aliphatic carbocycles. The number of amides is 1. The van der Waals surface area contributed by atoms with Gasteiger partial charge in [-0.2, -0.15) is 0 Å². The van der Waals surface area contributed by atoms with Crippen molar-refractivity contribution in [2.24, 2.45) is 7.05 Å². The molecule has 172 valence electrons. The zero-order valence-corrected chi connectivity index (χ0v) is 19.6. The highest BCUT2D eigenvalue weighted by Gasteiger charge is 2.26. The van der Waals surface area contributed by atoms with Crippen LogP contribution in [0.15, 0.2) is 71.7 Å². The lowest BCUT2D eigenvalue weighted by Crippen LogP contribution is -2.33. The largest absolute Gasteiger partial charge is 0.448 e. The second-order valence-electron chi connectivity index (χ2n) is 7.90. The highest BCUT2D eigenvalue weighted by atomic mass is 35.5. The fraction of sp³-hybridized carbons (Fsp3) is 0.154. The fourth-order valence-corrected chi connectivity index (χ4v) is 3.84. The van der Waals surface area contributed by atoms with Crippen molar-refractivity contribution in [2.75, 3.05) is 5.32 Å². The first kappa shape index (κ1) is 23.2. The molecule has 1 N–H and O–H groups in total. The van der Waals surface area contributed by atoms with Gasteiger partial charge in [-0.3, -0.25) is 9.59 Å². The summed E-state index contributed by atoms with van der Waals surface area (Å²) in [4.78, 5) is 43.1. The van der Waals surface area contributed by atoms with Crippen LogP contribution in [0.4, 0.5) is 5.82 Å². The van der Waals surface area contributed by atoms with E-state index in [2.05, 4.69) is 10.3 Å². The Morgan fingerprint density at radius 2 is 1.74 bits per heavy atom. The molecule has 0 bridgehead atoms. The average molecular weight is 476 g/mol. The third kappa shape index (κ3) is 4.56. The summed E-state index contributed by atoms with van der Waals surface area (Å²) in [7, 11) is 1.51. The third-order valence-electron chi connectivity index (χ3n) is 5.45. The van der Waals surface area contributed by atoms with Crippen LogP contribution >= 0.6 is 11.6 Å². The van der Waals surface area contributed by atoms with Crippen molar-refractivity contribution in [1.82, 2.24) is 9.55 Å². The molecule has 2 aromatic carbocycles. The van der Waals surface area contributed by atoms with Gasteiger partial charge in [-0.15, -0.1) is 0 Å². The molecule has 1 atom stereocenters. The summed E-state index contributed by atoms with van der Waals surface area (Å²) in [6.45, 7) is 3.34. The molecule has 0 saturated heterocycles. The Hall–Kier alpha value is -3.97. The molecule has 0 radical (unpaired) electrons. The number of aryl methyl sites for hydroxylation is 1. The molecule has 0 spiro atoms. The van der Waals surface area contributed by atoms with Crippen molar-refractivity contribution in [1.29, 1.82) is 0 Å². The van der Waals surface area contributed by atoms with Crippen LogP contribution in [0.2, 0.25) is 5.02 Å². The second kappa shape index (κ2) is 9.49. The first-order valence-electron chi connectivity index (χ1n) is 10.6.